The Morgan fingerprint density at radius 1 is 1.16 bits per heavy atom. The number of nitrogens with one attached hydrogen (secondary N) is 2. The van der Waals surface area contributed by atoms with E-state index < -0.39 is 15.8 Å². The number of methoxy groups -OCH3 is 1. The van der Waals surface area contributed by atoms with Gasteiger partial charge in [-0.3, -0.25) is 9.52 Å². The molecule has 0 saturated heterocycles. The predicted octanol–water partition coefficient (Wildman–Crippen LogP) is 3.29. The second-order valence-electron chi connectivity index (χ2n) is 5.33. The van der Waals surface area contributed by atoms with Gasteiger partial charge in [0.2, 0.25) is 5.91 Å². The molecule has 134 valence electrons. The van der Waals surface area contributed by atoms with Gasteiger partial charge in [0.05, 0.1) is 23.4 Å². The Hall–Kier alpha value is -2.61. The van der Waals surface area contributed by atoms with Gasteiger partial charge in [-0.15, -0.1) is 0 Å². The molecule has 0 fully saturated rings. The van der Waals surface area contributed by atoms with E-state index in [1.807, 2.05) is 0 Å². The number of anilines is 2. The summed E-state index contributed by atoms with van der Waals surface area (Å²) in [5.41, 5.74) is 0.973. The van der Waals surface area contributed by atoms with Crippen molar-refractivity contribution in [3.05, 3.63) is 47.8 Å². The molecule has 8 heteroatoms. The predicted molar refractivity (Wildman–Crippen MR) is 93.9 cm³/mol. The van der Waals surface area contributed by atoms with E-state index in [-0.39, 0.29) is 28.6 Å². The molecule has 0 saturated carbocycles. The van der Waals surface area contributed by atoms with Crippen LogP contribution in [0.3, 0.4) is 0 Å². The largest absolute Gasteiger partial charge is 0.495 e. The average Bonchev–Trinajstić information content (AvgIpc) is 2.57. The highest BCUT2D eigenvalue weighted by molar-refractivity contribution is 7.92. The molecule has 2 aromatic rings. The van der Waals surface area contributed by atoms with E-state index in [1.165, 1.54) is 37.4 Å². The summed E-state index contributed by atoms with van der Waals surface area (Å²) >= 11 is 0. The lowest BCUT2D eigenvalue weighted by Gasteiger charge is -2.14. The van der Waals surface area contributed by atoms with Crippen LogP contribution in [0, 0.1) is 12.7 Å². The number of sulfonamides is 1. The summed E-state index contributed by atoms with van der Waals surface area (Å²) in [5.74, 6) is -0.488. The van der Waals surface area contributed by atoms with Gasteiger partial charge in [0, 0.05) is 6.42 Å². The smallest absolute Gasteiger partial charge is 0.261 e. The average molecular weight is 366 g/mol. The van der Waals surface area contributed by atoms with Gasteiger partial charge < -0.3 is 10.1 Å². The van der Waals surface area contributed by atoms with Crippen LogP contribution < -0.4 is 14.8 Å². The number of hydrogen-bond donors (Lipinski definition) is 2. The van der Waals surface area contributed by atoms with Crippen LogP contribution in [-0.4, -0.2) is 21.4 Å². The molecule has 0 atom stereocenters. The zero-order valence-corrected chi connectivity index (χ0v) is 14.9. The number of benzene rings is 2. The number of amides is 1. The number of carbonyl (C=O) groups is 1. The van der Waals surface area contributed by atoms with Crippen molar-refractivity contribution >= 4 is 27.3 Å². The van der Waals surface area contributed by atoms with E-state index in [9.17, 15) is 17.6 Å². The Kier molecular flexibility index (Phi) is 5.63. The summed E-state index contributed by atoms with van der Waals surface area (Å²) in [7, 11) is -2.55. The lowest BCUT2D eigenvalue weighted by molar-refractivity contribution is -0.115. The van der Waals surface area contributed by atoms with Gasteiger partial charge in [-0.25, -0.2) is 12.8 Å². The van der Waals surface area contributed by atoms with Crippen LogP contribution in [0.5, 0.6) is 5.75 Å². The van der Waals surface area contributed by atoms with Gasteiger partial charge in [-0.2, -0.15) is 0 Å². The molecule has 0 unspecified atom stereocenters. The van der Waals surface area contributed by atoms with Crippen molar-refractivity contribution in [3.63, 3.8) is 0 Å². The molecule has 0 bridgehead atoms. The summed E-state index contributed by atoms with van der Waals surface area (Å²) in [6.45, 7) is 3.34. The first-order valence-corrected chi connectivity index (χ1v) is 9.02. The van der Waals surface area contributed by atoms with Crippen molar-refractivity contribution in [2.45, 2.75) is 25.2 Å². The minimum absolute atomic E-state index is 0.0802. The summed E-state index contributed by atoms with van der Waals surface area (Å²) in [6.07, 6.45) is 0.237. The van der Waals surface area contributed by atoms with Crippen molar-refractivity contribution in [2.75, 3.05) is 17.1 Å². The molecule has 0 spiro atoms. The Labute approximate surface area is 146 Å². The van der Waals surface area contributed by atoms with Crippen molar-refractivity contribution in [3.8, 4) is 5.75 Å². The van der Waals surface area contributed by atoms with E-state index >= 15 is 0 Å². The first-order valence-electron chi connectivity index (χ1n) is 7.53. The molecule has 6 nitrogen and oxygen atoms in total. The molecular formula is C17H19FN2O4S. The minimum Gasteiger partial charge on any atom is -0.495 e. The van der Waals surface area contributed by atoms with Gasteiger partial charge in [0.1, 0.15) is 11.6 Å². The quantitative estimate of drug-likeness (QED) is 0.822. The molecule has 2 rings (SSSR count). The zero-order chi connectivity index (χ0) is 18.6. The number of carbonyl (C=O) groups excluding carboxylic acids is 1. The number of rotatable bonds is 6. The van der Waals surface area contributed by atoms with E-state index in [1.54, 1.807) is 13.8 Å². The normalized spacial score (nSPS) is 11.0. The third kappa shape index (κ3) is 4.48. The minimum atomic E-state index is -3.97. The number of aryl methyl sites for hydroxylation is 1. The van der Waals surface area contributed by atoms with Crippen LogP contribution in [-0.2, 0) is 14.8 Å². The van der Waals surface area contributed by atoms with Crippen molar-refractivity contribution in [1.29, 1.82) is 0 Å². The Morgan fingerprint density at radius 2 is 1.88 bits per heavy atom. The molecular weight excluding hydrogens is 347 g/mol. The summed E-state index contributed by atoms with van der Waals surface area (Å²) in [5, 5.41) is 2.59. The molecule has 0 radical (unpaired) electrons. The van der Waals surface area contributed by atoms with Crippen molar-refractivity contribution in [2.24, 2.45) is 0 Å². The molecule has 0 heterocycles. The van der Waals surface area contributed by atoms with Crippen LogP contribution in [0.25, 0.3) is 0 Å². The van der Waals surface area contributed by atoms with Gasteiger partial charge in [0.25, 0.3) is 10.0 Å². The second kappa shape index (κ2) is 7.52. The van der Waals surface area contributed by atoms with Crippen LogP contribution >= 0.6 is 0 Å². The van der Waals surface area contributed by atoms with Crippen LogP contribution in [0.1, 0.15) is 18.9 Å². The molecule has 1 amide bonds. The highest BCUT2D eigenvalue weighted by Crippen LogP contribution is 2.29. The zero-order valence-electron chi connectivity index (χ0n) is 14.1. The Bertz CT molecular complexity index is 898. The first kappa shape index (κ1) is 18.7. The topological polar surface area (TPSA) is 84.5 Å². The van der Waals surface area contributed by atoms with Crippen molar-refractivity contribution < 1.29 is 22.3 Å². The van der Waals surface area contributed by atoms with Crippen LogP contribution in [0.4, 0.5) is 15.8 Å². The maximum Gasteiger partial charge on any atom is 0.261 e. The lowest BCUT2D eigenvalue weighted by atomic mass is 10.2. The van der Waals surface area contributed by atoms with E-state index in [2.05, 4.69) is 10.0 Å². The Morgan fingerprint density at radius 3 is 2.52 bits per heavy atom. The van der Waals surface area contributed by atoms with E-state index in [4.69, 9.17) is 4.74 Å². The standard InChI is InChI=1S/C17H19FN2O4S/c1-4-17(21)19-15-10-13(7-8-16(15)24-3)25(22,23)20-14-9-12(18)6-5-11(14)2/h5-10,20H,4H2,1-3H3,(H,19,21). The fourth-order valence-corrected chi connectivity index (χ4v) is 3.25. The fraction of sp³-hybridized carbons (Fsp3) is 0.235. The summed E-state index contributed by atoms with van der Waals surface area (Å²) in [4.78, 5) is 11.5. The van der Waals surface area contributed by atoms with Gasteiger partial charge >= 0.3 is 0 Å². The fourth-order valence-electron chi connectivity index (χ4n) is 2.10. The molecule has 0 aliphatic heterocycles. The third-order valence-corrected chi connectivity index (χ3v) is 4.88. The van der Waals surface area contributed by atoms with Gasteiger partial charge in [0.15, 0.2) is 0 Å². The molecule has 0 aliphatic rings. The number of halogens is 1. The lowest BCUT2D eigenvalue weighted by Crippen LogP contribution is -2.15. The SMILES string of the molecule is CCC(=O)Nc1cc(S(=O)(=O)Nc2cc(F)ccc2C)ccc1OC. The molecule has 0 aliphatic carbocycles. The highest BCUT2D eigenvalue weighted by atomic mass is 32.2. The van der Waals surface area contributed by atoms with Crippen molar-refractivity contribution in [1.82, 2.24) is 0 Å². The van der Waals surface area contributed by atoms with Crippen LogP contribution in [0.2, 0.25) is 0 Å². The first-order chi connectivity index (χ1) is 11.8. The van der Waals surface area contributed by atoms with E-state index in [0.717, 1.165) is 6.07 Å². The summed E-state index contributed by atoms with van der Waals surface area (Å²) in [6, 6.07) is 7.92. The Balaban J connectivity index is 2.40. The van der Waals surface area contributed by atoms with Crippen LogP contribution in [0.15, 0.2) is 41.3 Å². The highest BCUT2D eigenvalue weighted by Gasteiger charge is 2.18. The molecule has 25 heavy (non-hydrogen) atoms. The van der Waals surface area contributed by atoms with Gasteiger partial charge in [-0.1, -0.05) is 13.0 Å². The second-order valence-corrected chi connectivity index (χ2v) is 7.01. The number of ether oxygens (including phenoxy) is 1. The van der Waals surface area contributed by atoms with E-state index in [0.29, 0.717) is 11.3 Å². The molecule has 2 N–H and O–H groups in total. The molecule has 0 aromatic heterocycles. The van der Waals surface area contributed by atoms with Gasteiger partial charge in [-0.05, 0) is 42.8 Å². The number of hydrogen-bond acceptors (Lipinski definition) is 4. The maximum atomic E-state index is 13.4. The summed E-state index contributed by atoms with van der Waals surface area (Å²) < 4.78 is 46.0. The third-order valence-electron chi connectivity index (χ3n) is 3.52. The molecule has 2 aromatic carbocycles. The monoisotopic (exact) mass is 366 g/mol. The maximum absolute atomic E-state index is 13.4.